The van der Waals surface area contributed by atoms with Crippen LogP contribution in [-0.4, -0.2) is 66.4 Å². The van der Waals surface area contributed by atoms with E-state index in [0.29, 0.717) is 76.2 Å². The van der Waals surface area contributed by atoms with E-state index < -0.39 is 11.5 Å². The number of nitrogens with one attached hydrogen (secondary N) is 3. The summed E-state index contributed by atoms with van der Waals surface area (Å²) in [5, 5.41) is 7.23. The number of para-hydroxylation sites is 1. The first-order valence-corrected chi connectivity index (χ1v) is 14.8. The van der Waals surface area contributed by atoms with Gasteiger partial charge in [-0.3, -0.25) is 14.4 Å². The largest absolute Gasteiger partial charge is 0.493 e. The molecule has 1 saturated heterocycles. The second kappa shape index (κ2) is 12.8. The summed E-state index contributed by atoms with van der Waals surface area (Å²) in [5.74, 6) is 0.398. The molecule has 9 nitrogen and oxygen atoms in total. The van der Waals surface area contributed by atoms with Gasteiger partial charge < -0.3 is 31.0 Å². The Balaban J connectivity index is 1.19. The minimum absolute atomic E-state index is 0.0443. The molecule has 2 aliphatic heterocycles. The number of ether oxygens (including phenoxy) is 1. The second-order valence-electron chi connectivity index (χ2n) is 11.4. The third kappa shape index (κ3) is 6.56. The molecule has 41 heavy (non-hydrogen) atoms. The van der Waals surface area contributed by atoms with E-state index in [1.807, 2.05) is 54.4 Å². The fourth-order valence-electron chi connectivity index (χ4n) is 6.07. The second-order valence-corrected chi connectivity index (χ2v) is 11.4. The Morgan fingerprint density at radius 3 is 2.63 bits per heavy atom. The summed E-state index contributed by atoms with van der Waals surface area (Å²) in [6.45, 7) is 4.38. The Hall–Kier alpha value is -3.85. The van der Waals surface area contributed by atoms with E-state index in [-0.39, 0.29) is 17.7 Å². The van der Waals surface area contributed by atoms with Gasteiger partial charge in [-0.1, -0.05) is 30.7 Å². The number of hydrogen-bond acceptors (Lipinski definition) is 5. The maximum atomic E-state index is 13.5. The molecule has 0 unspecified atom stereocenters. The number of aromatic amines is 1. The number of hydrogen-bond donors (Lipinski definition) is 4. The van der Waals surface area contributed by atoms with Gasteiger partial charge in [-0.25, -0.2) is 0 Å². The van der Waals surface area contributed by atoms with Crippen molar-refractivity contribution in [2.45, 2.75) is 57.9 Å². The highest BCUT2D eigenvalue weighted by atomic mass is 16.5. The summed E-state index contributed by atoms with van der Waals surface area (Å²) < 4.78 is 5.94. The lowest BCUT2D eigenvalue weighted by molar-refractivity contribution is -0.141. The zero-order valence-corrected chi connectivity index (χ0v) is 23.8. The molecule has 1 spiro atoms. The first kappa shape index (κ1) is 28.7. The lowest BCUT2D eigenvalue weighted by Crippen LogP contribution is -2.53. The van der Waals surface area contributed by atoms with Crippen molar-refractivity contribution in [2.75, 3.05) is 32.8 Å². The molecule has 5 rings (SSSR count). The lowest BCUT2D eigenvalue weighted by Gasteiger charge is -2.41. The van der Waals surface area contributed by atoms with Crippen molar-refractivity contribution in [2.24, 2.45) is 11.1 Å². The van der Waals surface area contributed by atoms with Crippen LogP contribution in [0.4, 0.5) is 0 Å². The van der Waals surface area contributed by atoms with Gasteiger partial charge in [0.05, 0.1) is 23.6 Å². The molecule has 5 N–H and O–H groups in total. The van der Waals surface area contributed by atoms with Gasteiger partial charge in [0.15, 0.2) is 0 Å². The highest BCUT2D eigenvalue weighted by molar-refractivity contribution is 5.97. The molecule has 3 amide bonds. The smallest absolute Gasteiger partial charge is 0.255 e. The number of benzene rings is 2. The summed E-state index contributed by atoms with van der Waals surface area (Å²) >= 11 is 0. The molecule has 0 saturated carbocycles. The van der Waals surface area contributed by atoms with E-state index in [9.17, 15) is 14.4 Å². The fourth-order valence-corrected chi connectivity index (χ4v) is 6.07. The van der Waals surface area contributed by atoms with Crippen LogP contribution in [0.5, 0.6) is 5.75 Å². The number of nitrogens with two attached hydrogens (primary N) is 1. The lowest BCUT2D eigenvalue weighted by atomic mass is 9.73. The normalized spacial score (nSPS) is 19.3. The number of amides is 3. The molecule has 218 valence electrons. The number of rotatable bonds is 3. The Labute approximate surface area is 241 Å². The summed E-state index contributed by atoms with van der Waals surface area (Å²) in [6.07, 6.45) is 6.49. The minimum Gasteiger partial charge on any atom is -0.493 e. The molecule has 2 aliphatic rings. The third-order valence-electron chi connectivity index (χ3n) is 8.56. The van der Waals surface area contributed by atoms with Crippen molar-refractivity contribution in [1.29, 1.82) is 0 Å². The van der Waals surface area contributed by atoms with Gasteiger partial charge in [-0.15, -0.1) is 0 Å². The van der Waals surface area contributed by atoms with E-state index in [0.717, 1.165) is 34.9 Å². The highest BCUT2D eigenvalue weighted by Crippen LogP contribution is 2.37. The Bertz CT molecular complexity index is 1390. The predicted octanol–water partition coefficient (Wildman–Crippen LogP) is 3.45. The van der Waals surface area contributed by atoms with Gasteiger partial charge in [0, 0.05) is 43.3 Å². The highest BCUT2D eigenvalue weighted by Gasteiger charge is 2.42. The minimum atomic E-state index is -0.637. The molecule has 1 aromatic heterocycles. The van der Waals surface area contributed by atoms with Crippen LogP contribution >= 0.6 is 0 Å². The molecule has 3 aromatic rings. The summed E-state index contributed by atoms with van der Waals surface area (Å²) in [5.41, 5.74) is 9.48. The molecule has 1 atom stereocenters. The third-order valence-corrected chi connectivity index (χ3v) is 8.56. The van der Waals surface area contributed by atoms with Crippen LogP contribution in [0.3, 0.4) is 0 Å². The molecule has 2 aromatic carbocycles. The molecule has 0 aliphatic carbocycles. The van der Waals surface area contributed by atoms with Crippen molar-refractivity contribution < 1.29 is 19.1 Å². The van der Waals surface area contributed by atoms with E-state index >= 15 is 0 Å². The van der Waals surface area contributed by atoms with Crippen LogP contribution in [0.15, 0.2) is 48.7 Å². The number of carbonyl (C=O) groups is 3. The number of likely N-dealkylation sites (tertiary alicyclic amines) is 1. The van der Waals surface area contributed by atoms with Crippen LogP contribution in [0.1, 0.15) is 60.0 Å². The molecule has 1 fully saturated rings. The average Bonchev–Trinajstić information content (AvgIpc) is 3.38. The number of aromatic nitrogens is 1. The zero-order chi connectivity index (χ0) is 28.8. The topological polar surface area (TPSA) is 130 Å². The van der Waals surface area contributed by atoms with E-state index in [4.69, 9.17) is 10.5 Å². The van der Waals surface area contributed by atoms with Gasteiger partial charge in [0.1, 0.15) is 5.75 Å². The van der Waals surface area contributed by atoms with Gasteiger partial charge >= 0.3 is 0 Å². The summed E-state index contributed by atoms with van der Waals surface area (Å²) in [6, 6.07) is 13.0. The number of aryl methyl sites for hydroxylation is 1. The molecule has 9 heteroatoms. The van der Waals surface area contributed by atoms with Crippen LogP contribution in [-0.2, 0) is 16.0 Å². The standard InChI is InChI=1S/C32H41N5O4/c1-22-9-10-25-28(19-22)41-18-6-15-35-31(40)32(11-4-5-14-34-29(25)38)12-16-37(17-13-32)30(39)26(33)20-23-21-36-27-8-3-2-7-24(23)27/h2-3,7-10,19,21,26,36H,4-6,11-18,20,33H2,1H3,(H,34,38)(H,35,40)/t26-/m1/s1. The van der Waals surface area contributed by atoms with Crippen molar-refractivity contribution in [3.05, 3.63) is 65.4 Å². The quantitative estimate of drug-likeness (QED) is 0.391. The zero-order valence-electron chi connectivity index (χ0n) is 23.8. The van der Waals surface area contributed by atoms with Crippen LogP contribution in [0.25, 0.3) is 10.9 Å². The number of piperidine rings is 1. The Morgan fingerprint density at radius 1 is 1.02 bits per heavy atom. The van der Waals surface area contributed by atoms with Gasteiger partial charge in [-0.2, -0.15) is 0 Å². The molecule has 3 heterocycles. The van der Waals surface area contributed by atoms with Crippen molar-refractivity contribution >= 4 is 28.6 Å². The van der Waals surface area contributed by atoms with Crippen molar-refractivity contribution in [3.8, 4) is 5.75 Å². The maximum Gasteiger partial charge on any atom is 0.255 e. The first-order chi connectivity index (χ1) is 19.9. The van der Waals surface area contributed by atoms with Crippen molar-refractivity contribution in [3.63, 3.8) is 0 Å². The van der Waals surface area contributed by atoms with Gasteiger partial charge in [-0.05, 0) is 74.8 Å². The van der Waals surface area contributed by atoms with Crippen molar-refractivity contribution in [1.82, 2.24) is 20.5 Å². The van der Waals surface area contributed by atoms with E-state index in [1.54, 1.807) is 6.07 Å². The SMILES string of the molecule is Cc1ccc2c(c1)OCCCNC(=O)C1(CCCCNC2=O)CCN(C(=O)[C@H](N)Cc2c[nH]c3ccccc23)CC1. The molecular formula is C32H41N5O4. The number of nitrogens with zero attached hydrogens (tertiary/aromatic N) is 1. The average molecular weight is 560 g/mol. The molecular weight excluding hydrogens is 518 g/mol. The van der Waals surface area contributed by atoms with E-state index in [1.165, 1.54) is 0 Å². The number of H-pyrrole nitrogens is 1. The Kier molecular flexibility index (Phi) is 8.93. The molecule has 0 bridgehead atoms. The summed E-state index contributed by atoms with van der Waals surface area (Å²) in [7, 11) is 0. The predicted molar refractivity (Wildman–Crippen MR) is 159 cm³/mol. The maximum absolute atomic E-state index is 13.5. The monoisotopic (exact) mass is 559 g/mol. The number of fused-ring (bicyclic) bond motifs is 2. The van der Waals surface area contributed by atoms with Crippen LogP contribution in [0, 0.1) is 12.3 Å². The van der Waals surface area contributed by atoms with Gasteiger partial charge in [0.25, 0.3) is 5.91 Å². The van der Waals surface area contributed by atoms with E-state index in [2.05, 4.69) is 15.6 Å². The fraction of sp³-hybridized carbons (Fsp3) is 0.469. The number of carbonyl (C=O) groups excluding carboxylic acids is 3. The summed E-state index contributed by atoms with van der Waals surface area (Å²) in [4.78, 5) is 44.7. The van der Waals surface area contributed by atoms with Crippen LogP contribution < -0.4 is 21.1 Å². The van der Waals surface area contributed by atoms with Crippen LogP contribution in [0.2, 0.25) is 0 Å². The Morgan fingerprint density at radius 2 is 1.80 bits per heavy atom. The molecule has 0 radical (unpaired) electrons. The van der Waals surface area contributed by atoms with Gasteiger partial charge in [0.2, 0.25) is 11.8 Å². The first-order valence-electron chi connectivity index (χ1n) is 14.8.